The summed E-state index contributed by atoms with van der Waals surface area (Å²) < 4.78 is 23.9. The van der Waals surface area contributed by atoms with E-state index in [1.54, 1.807) is 28.4 Å². The molecule has 0 radical (unpaired) electrons. The van der Waals surface area contributed by atoms with Crippen LogP contribution in [-0.4, -0.2) is 74.6 Å². The van der Waals surface area contributed by atoms with Crippen molar-refractivity contribution in [3.05, 3.63) is 35.9 Å². The fraction of sp³-hybridized carbons (Fsp3) is 0.273. The van der Waals surface area contributed by atoms with Crippen LogP contribution in [0, 0.1) is 13.8 Å². The van der Waals surface area contributed by atoms with Crippen molar-refractivity contribution in [3.8, 4) is 23.0 Å². The molecule has 32 heavy (non-hydrogen) atoms. The Balaban J connectivity index is 1.78. The quantitative estimate of drug-likeness (QED) is 0.313. The van der Waals surface area contributed by atoms with Gasteiger partial charge in [-0.2, -0.15) is 0 Å². The van der Waals surface area contributed by atoms with E-state index in [9.17, 15) is 0 Å². The zero-order valence-electron chi connectivity index (χ0n) is 18.5. The monoisotopic (exact) mass is 566 g/mol. The minimum absolute atomic E-state index is 0.0550. The van der Waals surface area contributed by atoms with Gasteiger partial charge in [0.2, 0.25) is 0 Å². The molecule has 0 saturated carbocycles. The van der Waals surface area contributed by atoms with Gasteiger partial charge in [0.05, 0.1) is 0 Å². The molecular weight excluding hydrogens is 542 g/mol. The molecule has 0 aliphatic heterocycles. The Kier molecular flexibility index (Phi) is 6.67. The molecule has 0 aliphatic rings. The van der Waals surface area contributed by atoms with Gasteiger partial charge in [0.1, 0.15) is 0 Å². The fourth-order valence-corrected chi connectivity index (χ4v) is 9.88. The standard InChI is InChI=1S/C22H22N4O4Se2/c1-11-23-15-9-19(29-5)17(27-3)7-13(15)21(25-11)31-32-22-14-8-18(28-4)20(30-6)10-16(14)24-12(2)26-22/h7-10H,1-6H3. The van der Waals surface area contributed by atoms with Crippen LogP contribution >= 0.6 is 0 Å². The first-order valence-corrected chi connectivity index (χ1v) is 15.7. The van der Waals surface area contributed by atoms with E-state index in [0.29, 0.717) is 23.0 Å². The Morgan fingerprint density at radius 1 is 0.531 bits per heavy atom. The molecule has 0 saturated heterocycles. The molecule has 0 N–H and O–H groups in total. The van der Waals surface area contributed by atoms with Crippen LogP contribution in [0.15, 0.2) is 24.3 Å². The van der Waals surface area contributed by atoms with Gasteiger partial charge in [0, 0.05) is 0 Å². The average Bonchev–Trinajstić information content (AvgIpc) is 2.80. The number of hydrogen-bond donors (Lipinski definition) is 0. The summed E-state index contributed by atoms with van der Waals surface area (Å²) in [6.07, 6.45) is 0. The van der Waals surface area contributed by atoms with Crippen molar-refractivity contribution < 1.29 is 18.9 Å². The zero-order chi connectivity index (χ0) is 22.8. The molecule has 10 heteroatoms. The van der Waals surface area contributed by atoms with Crippen molar-refractivity contribution in [1.29, 1.82) is 0 Å². The van der Waals surface area contributed by atoms with Gasteiger partial charge in [-0.3, -0.25) is 0 Å². The topological polar surface area (TPSA) is 88.5 Å². The third-order valence-electron chi connectivity index (χ3n) is 4.76. The predicted octanol–water partition coefficient (Wildman–Crippen LogP) is 1.50. The first-order chi connectivity index (χ1) is 15.5. The van der Waals surface area contributed by atoms with Crippen LogP contribution in [0.2, 0.25) is 0 Å². The van der Waals surface area contributed by atoms with Gasteiger partial charge < -0.3 is 0 Å². The Hall–Kier alpha value is -2.64. The molecule has 2 aromatic carbocycles. The number of hydrogen-bond acceptors (Lipinski definition) is 8. The minimum atomic E-state index is 0.0550. The fourth-order valence-electron chi connectivity index (χ4n) is 3.28. The molecule has 2 heterocycles. The molecule has 4 aromatic rings. The SMILES string of the molecule is COc1cc2nc(C)nc([Se][Se]c3nc(C)nc4cc(OC)c(OC)cc34)c2cc1OC. The number of ether oxygens (including phenoxy) is 4. The molecule has 8 nitrogen and oxygen atoms in total. The van der Waals surface area contributed by atoms with Crippen LogP contribution in [-0.2, 0) is 0 Å². The number of aryl methyl sites for hydroxylation is 2. The molecular formula is C22H22N4O4Se2. The van der Waals surface area contributed by atoms with Crippen LogP contribution in [0.5, 0.6) is 23.0 Å². The number of rotatable bonds is 7. The van der Waals surface area contributed by atoms with Crippen LogP contribution in [0.1, 0.15) is 11.6 Å². The van der Waals surface area contributed by atoms with Gasteiger partial charge in [0.25, 0.3) is 0 Å². The van der Waals surface area contributed by atoms with E-state index in [4.69, 9.17) is 28.9 Å². The number of methoxy groups -OCH3 is 4. The third kappa shape index (κ3) is 4.32. The van der Waals surface area contributed by atoms with E-state index in [2.05, 4.69) is 9.97 Å². The molecule has 0 unspecified atom stereocenters. The van der Waals surface area contributed by atoms with E-state index in [1.807, 2.05) is 38.1 Å². The Morgan fingerprint density at radius 3 is 1.22 bits per heavy atom. The van der Waals surface area contributed by atoms with Crippen molar-refractivity contribution in [2.24, 2.45) is 0 Å². The number of benzene rings is 2. The van der Waals surface area contributed by atoms with Crippen LogP contribution in [0.3, 0.4) is 0 Å². The van der Waals surface area contributed by atoms with E-state index in [1.165, 1.54) is 0 Å². The molecule has 0 bridgehead atoms. The molecule has 0 spiro atoms. The summed E-state index contributed by atoms with van der Waals surface area (Å²) in [7, 11) is 6.50. The maximum absolute atomic E-state index is 5.50. The summed E-state index contributed by atoms with van der Waals surface area (Å²) >= 11 is 0.110. The second-order valence-corrected chi connectivity index (χ2v) is 12.7. The third-order valence-corrected chi connectivity index (χ3v) is 11.2. The van der Waals surface area contributed by atoms with E-state index >= 15 is 0 Å². The summed E-state index contributed by atoms with van der Waals surface area (Å²) in [5.41, 5.74) is 1.69. The van der Waals surface area contributed by atoms with Gasteiger partial charge >= 0.3 is 197 Å². The predicted molar refractivity (Wildman–Crippen MR) is 126 cm³/mol. The maximum atomic E-state index is 5.50. The van der Waals surface area contributed by atoms with Gasteiger partial charge in [-0.1, -0.05) is 0 Å². The zero-order valence-corrected chi connectivity index (χ0v) is 22.0. The van der Waals surface area contributed by atoms with E-state index in [-0.39, 0.29) is 26.3 Å². The van der Waals surface area contributed by atoms with Gasteiger partial charge in [-0.25, -0.2) is 0 Å². The average molecular weight is 564 g/mol. The molecule has 0 aliphatic carbocycles. The first kappa shape index (κ1) is 22.5. The second-order valence-electron chi connectivity index (χ2n) is 6.77. The first-order valence-electron chi connectivity index (χ1n) is 9.62. The molecule has 2 aromatic heterocycles. The van der Waals surface area contributed by atoms with Crippen molar-refractivity contribution in [3.63, 3.8) is 0 Å². The van der Waals surface area contributed by atoms with Crippen molar-refractivity contribution in [2.45, 2.75) is 13.8 Å². The molecule has 4 rings (SSSR count). The molecule has 0 amide bonds. The Morgan fingerprint density at radius 2 is 0.875 bits per heavy atom. The summed E-state index contributed by atoms with van der Waals surface area (Å²) in [5, 5.41) is 1.95. The number of aromatic nitrogens is 4. The molecule has 0 atom stereocenters. The Labute approximate surface area is 196 Å². The summed E-state index contributed by atoms with van der Waals surface area (Å²) in [6, 6.07) is 7.71. The van der Waals surface area contributed by atoms with Crippen LogP contribution in [0.25, 0.3) is 21.8 Å². The van der Waals surface area contributed by atoms with Crippen molar-refractivity contribution in [2.75, 3.05) is 28.4 Å². The summed E-state index contributed by atoms with van der Waals surface area (Å²) in [4.78, 5) is 18.7. The Bertz CT molecular complexity index is 1220. The van der Waals surface area contributed by atoms with Crippen LogP contribution < -0.4 is 28.1 Å². The summed E-state index contributed by atoms with van der Waals surface area (Å²) in [5.74, 6) is 4.09. The van der Waals surface area contributed by atoms with E-state index < -0.39 is 0 Å². The van der Waals surface area contributed by atoms with Crippen LogP contribution in [0.4, 0.5) is 0 Å². The van der Waals surface area contributed by atoms with E-state index in [0.717, 1.165) is 42.6 Å². The van der Waals surface area contributed by atoms with Gasteiger partial charge in [-0.15, -0.1) is 0 Å². The van der Waals surface area contributed by atoms with Crippen molar-refractivity contribution in [1.82, 2.24) is 19.9 Å². The van der Waals surface area contributed by atoms with Gasteiger partial charge in [-0.05, 0) is 0 Å². The normalized spacial score (nSPS) is 11.1. The summed E-state index contributed by atoms with van der Waals surface area (Å²) in [6.45, 7) is 3.81. The number of nitrogens with zero attached hydrogens (tertiary/aromatic N) is 4. The molecule has 166 valence electrons. The van der Waals surface area contributed by atoms with Gasteiger partial charge in [0.15, 0.2) is 0 Å². The number of fused-ring (bicyclic) bond motifs is 2. The molecule has 0 fully saturated rings. The second kappa shape index (κ2) is 9.46. The van der Waals surface area contributed by atoms with Crippen molar-refractivity contribution >= 4 is 57.3 Å².